The molecule has 5 heterocycles. The van der Waals surface area contributed by atoms with Gasteiger partial charge in [0, 0.05) is 143 Å². The number of rotatable bonds is 18. The van der Waals surface area contributed by atoms with Crippen LogP contribution in [0.1, 0.15) is 64.4 Å². The topological polar surface area (TPSA) is 159 Å². The fourth-order valence-corrected chi connectivity index (χ4v) is 13.5. The summed E-state index contributed by atoms with van der Waals surface area (Å²) >= 11 is 0. The minimum absolute atomic E-state index is 0.152. The van der Waals surface area contributed by atoms with Crippen molar-refractivity contribution in [2.75, 3.05) is 47.8 Å². The standard InChI is InChI=1S/C92H70N10O4/c1-99(75-41-33-63(34-42-75)83-21-9-13-49-93-83)89(103)71-53-69(54-72(57-71)90(104)100(2)76-43-35-64(36-44-76)84-22-10-14-50-94-84)81-19-7-5-17-79(81)61-25-29-67(30-26-61)87-59-98-88(60-97-87)68-31-27-62(28-32-68)80-18-6-8-20-82(80)70-55-73(91(105)101(3)77-45-37-65(38-46-77)85-23-11-15-51-95-85)58-74(56-70)92(106)102(4)78-47-39-66(40-48-78)86-24-12-16-52-96-86/h5-60,79,81H,1-4H3. The zero-order valence-corrected chi connectivity index (χ0v) is 58.6. The van der Waals surface area contributed by atoms with Gasteiger partial charge in [0.2, 0.25) is 0 Å². The number of carbonyl (C=O) groups excluding carboxylic acids is 4. The normalized spacial score (nSPS) is 13.0. The zero-order chi connectivity index (χ0) is 72.6. The van der Waals surface area contributed by atoms with Crippen molar-refractivity contribution >= 4 is 46.4 Å². The van der Waals surface area contributed by atoms with E-state index in [4.69, 9.17) is 9.97 Å². The molecule has 0 bridgehead atoms. The maximum absolute atomic E-state index is 14.8. The molecule has 1 aliphatic carbocycles. The lowest BCUT2D eigenvalue weighted by Crippen LogP contribution is -2.29. The van der Waals surface area contributed by atoms with E-state index in [1.807, 2.05) is 243 Å². The van der Waals surface area contributed by atoms with E-state index >= 15 is 0 Å². The van der Waals surface area contributed by atoms with Crippen LogP contribution in [0.5, 0.6) is 0 Å². The SMILES string of the molecule is CN(C(=O)c1cc(C(=O)N(C)c2ccc(-c3ccccn3)cc2)cc(-c2ccccc2-c2ccc(-c3cnc(-c4ccc(C5C=CC=CC5c5cc(C(=O)N(C)c6ccc(-c7ccccn7)cc6)cc(C(=O)N(C)c6ccc(-c7ccccn7)cc6)c5)cc4)cn3)cc2)c1)c1ccc(-c2ccccn2)cc1. The Bertz CT molecular complexity index is 5340. The molecule has 9 aromatic carbocycles. The van der Waals surface area contributed by atoms with Crippen LogP contribution in [0.3, 0.4) is 0 Å². The molecular weight excluding hydrogens is 1310 g/mol. The van der Waals surface area contributed by atoms with E-state index < -0.39 is 0 Å². The van der Waals surface area contributed by atoms with E-state index in [0.29, 0.717) is 62.0 Å². The molecule has 14 heteroatoms. The van der Waals surface area contributed by atoms with Crippen LogP contribution < -0.4 is 19.6 Å². The van der Waals surface area contributed by atoms with Crippen LogP contribution in [0.15, 0.2) is 341 Å². The van der Waals surface area contributed by atoms with Gasteiger partial charge in [-0.05, 0) is 167 Å². The van der Waals surface area contributed by atoms with E-state index in [9.17, 15) is 19.2 Å². The van der Waals surface area contributed by atoms with Gasteiger partial charge in [0.05, 0.1) is 46.6 Å². The molecular formula is C92H70N10O4. The van der Waals surface area contributed by atoms with Gasteiger partial charge in [-0.25, -0.2) is 0 Å². The monoisotopic (exact) mass is 1380 g/mol. The Hall–Kier alpha value is -14.0. The first kappa shape index (κ1) is 67.8. The van der Waals surface area contributed by atoms with Crippen molar-refractivity contribution in [1.82, 2.24) is 29.9 Å². The molecule has 4 amide bonds. The van der Waals surface area contributed by atoms with Crippen molar-refractivity contribution < 1.29 is 19.2 Å². The summed E-state index contributed by atoms with van der Waals surface area (Å²) in [5, 5.41) is 0. The fourth-order valence-electron chi connectivity index (χ4n) is 13.5. The second-order valence-electron chi connectivity index (χ2n) is 26.0. The van der Waals surface area contributed by atoms with E-state index in [1.165, 1.54) is 0 Å². The van der Waals surface area contributed by atoms with E-state index in [-0.39, 0.29) is 35.5 Å². The number of anilines is 4. The molecule has 1 aliphatic rings. The van der Waals surface area contributed by atoms with Crippen LogP contribution >= 0.6 is 0 Å². The maximum Gasteiger partial charge on any atom is 0.258 e. The van der Waals surface area contributed by atoms with E-state index in [1.54, 1.807) is 97.1 Å². The first-order valence-electron chi connectivity index (χ1n) is 34.8. The fraction of sp³-hybridized carbons (Fsp3) is 0.0652. The molecule has 14 aromatic rings. The second kappa shape index (κ2) is 30.3. The number of allylic oxidation sites excluding steroid dienone is 4. The first-order valence-corrected chi connectivity index (χ1v) is 34.8. The molecule has 0 aliphatic heterocycles. The highest BCUT2D eigenvalue weighted by Gasteiger charge is 2.28. The lowest BCUT2D eigenvalue weighted by molar-refractivity contribution is 0.0978. The van der Waals surface area contributed by atoms with Gasteiger partial charge in [0.25, 0.3) is 23.6 Å². The van der Waals surface area contributed by atoms with Gasteiger partial charge < -0.3 is 19.6 Å². The van der Waals surface area contributed by atoms with Crippen LogP contribution in [-0.4, -0.2) is 81.7 Å². The van der Waals surface area contributed by atoms with Crippen LogP contribution in [0.25, 0.3) is 89.8 Å². The van der Waals surface area contributed by atoms with Crippen molar-refractivity contribution in [3.8, 4) is 89.8 Å². The van der Waals surface area contributed by atoms with Gasteiger partial charge in [-0.3, -0.25) is 49.1 Å². The van der Waals surface area contributed by atoms with Gasteiger partial charge in [-0.1, -0.05) is 170 Å². The Labute approximate surface area is 615 Å². The quantitative estimate of drug-likeness (QED) is 0.0809. The summed E-state index contributed by atoms with van der Waals surface area (Å²) in [6, 6.07) is 89.3. The Morgan fingerprint density at radius 1 is 0.255 bits per heavy atom. The molecule has 15 rings (SSSR count). The van der Waals surface area contributed by atoms with Crippen molar-refractivity contribution in [3.63, 3.8) is 0 Å². The van der Waals surface area contributed by atoms with Crippen molar-refractivity contribution in [2.45, 2.75) is 11.8 Å². The summed E-state index contributed by atoms with van der Waals surface area (Å²) in [5.74, 6) is -1.49. The van der Waals surface area contributed by atoms with Crippen LogP contribution in [0, 0.1) is 0 Å². The molecule has 0 saturated carbocycles. The van der Waals surface area contributed by atoms with Crippen LogP contribution in [0.2, 0.25) is 0 Å². The van der Waals surface area contributed by atoms with Gasteiger partial charge in [-0.2, -0.15) is 0 Å². The Balaban J connectivity index is 0.677. The summed E-state index contributed by atoms with van der Waals surface area (Å²) in [4.78, 5) is 93.4. The lowest BCUT2D eigenvalue weighted by Gasteiger charge is -2.27. The minimum Gasteiger partial charge on any atom is -0.311 e. The number of hydrogen-bond donors (Lipinski definition) is 0. The van der Waals surface area contributed by atoms with Crippen molar-refractivity contribution in [1.29, 1.82) is 0 Å². The van der Waals surface area contributed by atoms with Gasteiger partial charge in [-0.15, -0.1) is 0 Å². The average molecular weight is 1380 g/mol. The summed E-state index contributed by atoms with van der Waals surface area (Å²) in [5.41, 5.74) is 19.5. The number of amides is 4. The Kier molecular flexibility index (Phi) is 19.4. The predicted molar refractivity (Wildman–Crippen MR) is 424 cm³/mol. The number of nitrogens with zero attached hydrogens (tertiary/aromatic N) is 10. The molecule has 106 heavy (non-hydrogen) atoms. The van der Waals surface area contributed by atoms with E-state index in [0.717, 1.165) is 84.0 Å². The molecule has 14 nitrogen and oxygen atoms in total. The number of pyridine rings is 4. The smallest absolute Gasteiger partial charge is 0.258 e. The predicted octanol–water partition coefficient (Wildman–Crippen LogP) is 19.5. The molecule has 0 saturated heterocycles. The lowest BCUT2D eigenvalue weighted by atomic mass is 9.78. The number of benzene rings is 9. The van der Waals surface area contributed by atoms with Crippen LogP contribution in [-0.2, 0) is 0 Å². The molecule has 5 aromatic heterocycles. The van der Waals surface area contributed by atoms with Crippen molar-refractivity contribution in [2.24, 2.45) is 0 Å². The number of carbonyl (C=O) groups is 4. The first-order chi connectivity index (χ1) is 51.8. The third kappa shape index (κ3) is 14.5. The van der Waals surface area contributed by atoms with Gasteiger partial charge >= 0.3 is 0 Å². The molecule has 512 valence electrons. The summed E-state index contributed by atoms with van der Waals surface area (Å²) in [7, 11) is 6.98. The minimum atomic E-state index is -0.285. The highest BCUT2D eigenvalue weighted by atomic mass is 16.2. The Morgan fingerprint density at radius 3 is 0.849 bits per heavy atom. The largest absolute Gasteiger partial charge is 0.311 e. The highest BCUT2D eigenvalue weighted by molar-refractivity contribution is 6.13. The van der Waals surface area contributed by atoms with Crippen molar-refractivity contribution in [3.05, 3.63) is 374 Å². The summed E-state index contributed by atoms with van der Waals surface area (Å²) in [6.07, 6.45) is 18.9. The highest BCUT2D eigenvalue weighted by Crippen LogP contribution is 2.41. The average Bonchev–Trinajstić information content (AvgIpc) is 0.782. The third-order valence-electron chi connectivity index (χ3n) is 19.4. The van der Waals surface area contributed by atoms with Gasteiger partial charge in [0.15, 0.2) is 0 Å². The molecule has 0 N–H and O–H groups in total. The third-order valence-corrected chi connectivity index (χ3v) is 19.4. The molecule has 0 radical (unpaired) electrons. The number of hydrogen-bond acceptors (Lipinski definition) is 10. The molecule has 2 unspecified atom stereocenters. The van der Waals surface area contributed by atoms with Gasteiger partial charge in [0.1, 0.15) is 0 Å². The van der Waals surface area contributed by atoms with E-state index in [2.05, 4.69) is 68.5 Å². The Morgan fingerprint density at radius 2 is 0.528 bits per heavy atom. The second-order valence-corrected chi connectivity index (χ2v) is 26.0. The molecule has 2 atom stereocenters. The number of aromatic nitrogens is 6. The summed E-state index contributed by atoms with van der Waals surface area (Å²) in [6.45, 7) is 0. The molecule has 0 fully saturated rings. The summed E-state index contributed by atoms with van der Waals surface area (Å²) < 4.78 is 0. The molecule has 0 spiro atoms. The van der Waals surface area contributed by atoms with Crippen LogP contribution in [0.4, 0.5) is 22.7 Å². The maximum atomic E-state index is 14.8. The zero-order valence-electron chi connectivity index (χ0n) is 58.6.